The van der Waals surface area contributed by atoms with E-state index in [2.05, 4.69) is 17.5 Å². The van der Waals surface area contributed by atoms with Crippen LogP contribution < -0.4 is 5.32 Å². The number of piperidine rings is 1. The van der Waals surface area contributed by atoms with Gasteiger partial charge in [-0.05, 0) is 44.1 Å². The summed E-state index contributed by atoms with van der Waals surface area (Å²) in [5.41, 5.74) is 0. The molecule has 1 nitrogen and oxygen atoms in total. The molecule has 0 spiro atoms. The molecule has 1 unspecified atom stereocenters. The maximum Gasteiger partial charge on any atom is 0.00142 e. The van der Waals surface area contributed by atoms with Crippen molar-refractivity contribution in [3.05, 3.63) is 12.2 Å². The number of rotatable bonds is 2. The summed E-state index contributed by atoms with van der Waals surface area (Å²) in [6.07, 6.45) is 15.0. The van der Waals surface area contributed by atoms with E-state index in [-0.39, 0.29) is 12.4 Å². The zero-order chi connectivity index (χ0) is 9.64. The van der Waals surface area contributed by atoms with Gasteiger partial charge in [-0.15, -0.1) is 12.4 Å². The first-order valence-corrected chi connectivity index (χ1v) is 6.34. The minimum Gasteiger partial charge on any atom is -0.316 e. The molecule has 0 amide bonds. The Morgan fingerprint density at radius 2 is 1.47 bits per heavy atom. The van der Waals surface area contributed by atoms with Crippen LogP contribution in [0.1, 0.15) is 44.9 Å². The SMILES string of the molecule is C(=C\C1CCCNC1)/C1CCCCC1.Cl. The van der Waals surface area contributed by atoms with Crippen LogP contribution in [0.2, 0.25) is 0 Å². The fourth-order valence-corrected chi connectivity index (χ4v) is 2.68. The van der Waals surface area contributed by atoms with Crippen LogP contribution in [0.4, 0.5) is 0 Å². The Balaban J connectivity index is 0.00000112. The Labute approximate surface area is 100 Å². The molecule has 1 atom stereocenters. The van der Waals surface area contributed by atoms with E-state index >= 15 is 0 Å². The molecule has 2 fully saturated rings. The first kappa shape index (κ1) is 13.1. The summed E-state index contributed by atoms with van der Waals surface area (Å²) in [5.74, 6) is 1.73. The van der Waals surface area contributed by atoms with Gasteiger partial charge in [0.25, 0.3) is 0 Å². The van der Waals surface area contributed by atoms with Crippen LogP contribution >= 0.6 is 12.4 Å². The van der Waals surface area contributed by atoms with E-state index in [1.165, 1.54) is 58.0 Å². The van der Waals surface area contributed by atoms with E-state index in [1.54, 1.807) is 0 Å². The smallest absolute Gasteiger partial charge is 0.00142 e. The van der Waals surface area contributed by atoms with Crippen molar-refractivity contribution in [1.82, 2.24) is 5.32 Å². The van der Waals surface area contributed by atoms with E-state index < -0.39 is 0 Å². The molecule has 1 saturated carbocycles. The summed E-state index contributed by atoms with van der Waals surface area (Å²) >= 11 is 0. The third kappa shape index (κ3) is 4.56. The molecular weight excluding hydrogens is 206 g/mol. The van der Waals surface area contributed by atoms with Gasteiger partial charge >= 0.3 is 0 Å². The normalized spacial score (nSPS) is 28.9. The molecule has 0 aromatic carbocycles. The molecule has 0 aromatic heterocycles. The van der Waals surface area contributed by atoms with Gasteiger partial charge in [0.15, 0.2) is 0 Å². The second-order valence-electron chi connectivity index (χ2n) is 4.89. The van der Waals surface area contributed by atoms with Crippen molar-refractivity contribution in [2.75, 3.05) is 13.1 Å². The molecule has 1 heterocycles. The fraction of sp³-hybridized carbons (Fsp3) is 0.846. The van der Waals surface area contributed by atoms with Crippen LogP contribution in [0, 0.1) is 11.8 Å². The van der Waals surface area contributed by atoms with Crippen LogP contribution in [0.3, 0.4) is 0 Å². The largest absolute Gasteiger partial charge is 0.316 e. The van der Waals surface area contributed by atoms with Crippen LogP contribution in [0.15, 0.2) is 12.2 Å². The third-order valence-electron chi connectivity index (χ3n) is 3.64. The van der Waals surface area contributed by atoms with Gasteiger partial charge in [-0.25, -0.2) is 0 Å². The van der Waals surface area contributed by atoms with Crippen molar-refractivity contribution in [2.24, 2.45) is 11.8 Å². The molecule has 1 saturated heterocycles. The molecule has 2 aliphatic rings. The Kier molecular flexibility index (Phi) is 6.35. The first-order valence-electron chi connectivity index (χ1n) is 6.34. The fourth-order valence-electron chi connectivity index (χ4n) is 2.68. The highest BCUT2D eigenvalue weighted by molar-refractivity contribution is 5.85. The Morgan fingerprint density at radius 1 is 0.800 bits per heavy atom. The van der Waals surface area contributed by atoms with Crippen molar-refractivity contribution in [3.63, 3.8) is 0 Å². The van der Waals surface area contributed by atoms with E-state index in [0.29, 0.717) is 0 Å². The zero-order valence-corrected chi connectivity index (χ0v) is 10.4. The monoisotopic (exact) mass is 229 g/mol. The van der Waals surface area contributed by atoms with E-state index in [9.17, 15) is 0 Å². The second kappa shape index (κ2) is 7.29. The standard InChI is InChI=1S/C13H23N.ClH/c1-2-5-12(6-3-1)8-9-13-7-4-10-14-11-13;/h8-9,12-14H,1-7,10-11H2;1H/b9-8+;. The lowest BCUT2D eigenvalue weighted by Gasteiger charge is -2.22. The number of halogens is 1. The van der Waals surface area contributed by atoms with Crippen molar-refractivity contribution in [2.45, 2.75) is 44.9 Å². The van der Waals surface area contributed by atoms with Crippen molar-refractivity contribution in [3.8, 4) is 0 Å². The molecule has 15 heavy (non-hydrogen) atoms. The molecule has 0 bridgehead atoms. The summed E-state index contributed by atoms with van der Waals surface area (Å²) in [6, 6.07) is 0. The number of allylic oxidation sites excluding steroid dienone is 1. The van der Waals surface area contributed by atoms with E-state index in [4.69, 9.17) is 0 Å². The molecule has 1 aliphatic heterocycles. The van der Waals surface area contributed by atoms with Gasteiger partial charge in [-0.1, -0.05) is 31.4 Å². The molecule has 88 valence electrons. The van der Waals surface area contributed by atoms with Gasteiger partial charge in [-0.2, -0.15) is 0 Å². The predicted molar refractivity (Wildman–Crippen MR) is 68.6 cm³/mol. The highest BCUT2D eigenvalue weighted by Crippen LogP contribution is 2.25. The zero-order valence-electron chi connectivity index (χ0n) is 9.58. The quantitative estimate of drug-likeness (QED) is 0.715. The average molecular weight is 230 g/mol. The topological polar surface area (TPSA) is 12.0 Å². The second-order valence-corrected chi connectivity index (χ2v) is 4.89. The van der Waals surface area contributed by atoms with Gasteiger partial charge < -0.3 is 5.32 Å². The molecule has 2 rings (SSSR count). The van der Waals surface area contributed by atoms with Crippen molar-refractivity contribution >= 4 is 12.4 Å². The average Bonchev–Trinajstić information content (AvgIpc) is 2.29. The van der Waals surface area contributed by atoms with Gasteiger partial charge in [0.2, 0.25) is 0 Å². The van der Waals surface area contributed by atoms with Crippen LogP contribution in [-0.2, 0) is 0 Å². The van der Waals surface area contributed by atoms with Crippen LogP contribution in [-0.4, -0.2) is 13.1 Å². The highest BCUT2D eigenvalue weighted by atomic mass is 35.5. The lowest BCUT2D eigenvalue weighted by atomic mass is 9.87. The lowest BCUT2D eigenvalue weighted by Crippen LogP contribution is -2.28. The predicted octanol–water partition coefficient (Wildman–Crippen LogP) is 3.54. The van der Waals surface area contributed by atoms with E-state index in [0.717, 1.165) is 11.8 Å². The van der Waals surface area contributed by atoms with Gasteiger partial charge in [0.05, 0.1) is 0 Å². The molecule has 1 aliphatic carbocycles. The minimum atomic E-state index is 0. The lowest BCUT2D eigenvalue weighted by molar-refractivity contribution is 0.408. The molecule has 0 radical (unpaired) electrons. The molecule has 2 heteroatoms. The van der Waals surface area contributed by atoms with Crippen molar-refractivity contribution < 1.29 is 0 Å². The van der Waals surface area contributed by atoms with Crippen molar-refractivity contribution in [1.29, 1.82) is 0 Å². The van der Waals surface area contributed by atoms with E-state index in [1.807, 2.05) is 0 Å². The van der Waals surface area contributed by atoms with Crippen LogP contribution in [0.25, 0.3) is 0 Å². The maximum atomic E-state index is 3.47. The Bertz CT molecular complexity index is 159. The molecule has 0 aromatic rings. The van der Waals surface area contributed by atoms with Gasteiger partial charge in [-0.3, -0.25) is 0 Å². The summed E-state index contributed by atoms with van der Waals surface area (Å²) < 4.78 is 0. The number of hydrogen-bond donors (Lipinski definition) is 1. The number of hydrogen-bond acceptors (Lipinski definition) is 1. The molecular formula is C13H24ClN. The summed E-state index contributed by atoms with van der Waals surface area (Å²) in [6.45, 7) is 2.44. The van der Waals surface area contributed by atoms with Crippen LogP contribution in [0.5, 0.6) is 0 Å². The minimum absolute atomic E-state index is 0. The summed E-state index contributed by atoms with van der Waals surface area (Å²) in [4.78, 5) is 0. The maximum absolute atomic E-state index is 3.47. The Morgan fingerprint density at radius 3 is 2.13 bits per heavy atom. The first-order chi connectivity index (χ1) is 6.95. The summed E-state index contributed by atoms with van der Waals surface area (Å²) in [7, 11) is 0. The Hall–Kier alpha value is -0.0100. The highest BCUT2D eigenvalue weighted by Gasteiger charge is 2.12. The number of nitrogens with one attached hydrogen (secondary N) is 1. The summed E-state index contributed by atoms with van der Waals surface area (Å²) in [5, 5.41) is 3.47. The molecule has 1 N–H and O–H groups in total. The third-order valence-corrected chi connectivity index (χ3v) is 3.64. The van der Waals surface area contributed by atoms with Gasteiger partial charge in [0, 0.05) is 6.54 Å². The van der Waals surface area contributed by atoms with Gasteiger partial charge in [0.1, 0.15) is 0 Å².